The van der Waals surface area contributed by atoms with Gasteiger partial charge in [0.2, 0.25) is 0 Å². The molecular formula is C13H20N4S. The Kier molecular flexibility index (Phi) is 3.24. The van der Waals surface area contributed by atoms with Crippen molar-refractivity contribution < 1.29 is 0 Å². The summed E-state index contributed by atoms with van der Waals surface area (Å²) in [6.07, 6.45) is 4.52. The molecular weight excluding hydrogens is 244 g/mol. The summed E-state index contributed by atoms with van der Waals surface area (Å²) < 4.78 is 4.16. The maximum absolute atomic E-state index is 4.75. The molecule has 1 saturated heterocycles. The molecule has 2 atom stereocenters. The second-order valence-electron chi connectivity index (χ2n) is 5.46. The maximum atomic E-state index is 4.75. The number of rotatable bonds is 2. The van der Waals surface area contributed by atoms with E-state index in [1.54, 1.807) is 11.5 Å². The minimum atomic E-state index is 0.653. The van der Waals surface area contributed by atoms with Crippen LogP contribution in [0.4, 0.5) is 0 Å². The Balaban J connectivity index is 1.68. The van der Waals surface area contributed by atoms with Gasteiger partial charge in [-0.05, 0) is 36.4 Å². The van der Waals surface area contributed by atoms with Gasteiger partial charge >= 0.3 is 0 Å². The van der Waals surface area contributed by atoms with Gasteiger partial charge in [0.15, 0.2) is 5.96 Å². The summed E-state index contributed by atoms with van der Waals surface area (Å²) in [5, 5.41) is 0. The highest BCUT2D eigenvalue weighted by Crippen LogP contribution is 2.27. The number of guanidine groups is 1. The third-order valence-electron chi connectivity index (χ3n) is 3.87. The average Bonchev–Trinajstić information content (AvgIpc) is 2.97. The minimum absolute atomic E-state index is 0.653. The Morgan fingerprint density at radius 1 is 1.50 bits per heavy atom. The number of fused-ring (bicyclic) bond motifs is 1. The Morgan fingerprint density at radius 2 is 2.39 bits per heavy atom. The van der Waals surface area contributed by atoms with Crippen molar-refractivity contribution in [2.45, 2.75) is 32.4 Å². The molecule has 3 rings (SSSR count). The number of aliphatic imine (C=N–C) groups is 1. The van der Waals surface area contributed by atoms with Crippen LogP contribution in [0, 0.1) is 5.92 Å². The van der Waals surface area contributed by atoms with Crippen molar-refractivity contribution in [2.75, 3.05) is 20.1 Å². The van der Waals surface area contributed by atoms with Crippen LogP contribution in [-0.4, -0.2) is 46.3 Å². The van der Waals surface area contributed by atoms with E-state index >= 15 is 0 Å². The number of piperidine rings is 1. The number of hydrogen-bond acceptors (Lipinski definition) is 5. The van der Waals surface area contributed by atoms with Crippen LogP contribution in [0.1, 0.15) is 24.6 Å². The molecule has 1 fully saturated rings. The van der Waals surface area contributed by atoms with Crippen molar-refractivity contribution in [3.8, 4) is 0 Å². The molecule has 2 unspecified atom stereocenters. The largest absolute Gasteiger partial charge is 0.341 e. The van der Waals surface area contributed by atoms with Crippen molar-refractivity contribution in [2.24, 2.45) is 10.9 Å². The summed E-state index contributed by atoms with van der Waals surface area (Å²) in [6, 6.07) is 2.74. The van der Waals surface area contributed by atoms with Gasteiger partial charge < -0.3 is 9.80 Å². The summed E-state index contributed by atoms with van der Waals surface area (Å²) in [5.74, 6) is 1.97. The topological polar surface area (TPSA) is 31.7 Å². The summed E-state index contributed by atoms with van der Waals surface area (Å²) in [6.45, 7) is 5.40. The van der Waals surface area contributed by atoms with Gasteiger partial charge in [-0.15, -0.1) is 0 Å². The van der Waals surface area contributed by atoms with Gasteiger partial charge in [-0.1, -0.05) is 6.92 Å². The fraction of sp³-hybridized carbons (Fsp3) is 0.692. The van der Waals surface area contributed by atoms with Crippen LogP contribution in [0.5, 0.6) is 0 Å². The Hall–Kier alpha value is -1.10. The second-order valence-corrected chi connectivity index (χ2v) is 6.38. The quantitative estimate of drug-likeness (QED) is 0.819. The molecule has 1 aromatic rings. The average molecular weight is 264 g/mol. The smallest absolute Gasteiger partial charge is 0.197 e. The molecule has 5 heteroatoms. The Bertz CT molecular complexity index is 428. The SMILES string of the molecule is CC1CCC2CN=C(N(C)Cc3ccns3)N2C1. The van der Waals surface area contributed by atoms with Crippen molar-refractivity contribution in [3.63, 3.8) is 0 Å². The number of aromatic nitrogens is 1. The van der Waals surface area contributed by atoms with E-state index in [9.17, 15) is 0 Å². The molecule has 2 aliphatic rings. The normalized spacial score (nSPS) is 27.0. The lowest BCUT2D eigenvalue weighted by molar-refractivity contribution is 0.197. The molecule has 3 heterocycles. The van der Waals surface area contributed by atoms with Gasteiger partial charge in [0, 0.05) is 24.7 Å². The van der Waals surface area contributed by atoms with E-state index in [1.165, 1.54) is 23.7 Å². The van der Waals surface area contributed by atoms with Crippen molar-refractivity contribution in [3.05, 3.63) is 17.1 Å². The zero-order valence-corrected chi connectivity index (χ0v) is 11.9. The monoisotopic (exact) mass is 264 g/mol. The van der Waals surface area contributed by atoms with E-state index in [1.807, 2.05) is 6.20 Å². The predicted molar refractivity (Wildman–Crippen MR) is 74.8 cm³/mol. The molecule has 0 aliphatic carbocycles. The highest BCUT2D eigenvalue weighted by atomic mass is 32.1. The summed E-state index contributed by atoms with van der Waals surface area (Å²) in [7, 11) is 2.14. The third-order valence-corrected chi connectivity index (χ3v) is 4.59. The fourth-order valence-corrected chi connectivity index (χ4v) is 3.52. The number of hydrogen-bond donors (Lipinski definition) is 0. The molecule has 0 bridgehead atoms. The Labute approximate surface area is 112 Å². The van der Waals surface area contributed by atoms with E-state index < -0.39 is 0 Å². The van der Waals surface area contributed by atoms with Gasteiger partial charge in [0.25, 0.3) is 0 Å². The van der Waals surface area contributed by atoms with E-state index in [-0.39, 0.29) is 0 Å². The first-order valence-corrected chi connectivity index (χ1v) is 7.43. The minimum Gasteiger partial charge on any atom is -0.341 e. The van der Waals surface area contributed by atoms with Gasteiger partial charge in [0.05, 0.1) is 19.1 Å². The molecule has 0 saturated carbocycles. The van der Waals surface area contributed by atoms with Gasteiger partial charge in [-0.3, -0.25) is 4.99 Å². The molecule has 4 nitrogen and oxygen atoms in total. The van der Waals surface area contributed by atoms with Crippen LogP contribution in [0.15, 0.2) is 17.3 Å². The zero-order valence-electron chi connectivity index (χ0n) is 11.0. The molecule has 2 aliphatic heterocycles. The van der Waals surface area contributed by atoms with Crippen molar-refractivity contribution >= 4 is 17.5 Å². The summed E-state index contributed by atoms with van der Waals surface area (Å²) in [5.41, 5.74) is 0. The van der Waals surface area contributed by atoms with Crippen LogP contribution in [0.3, 0.4) is 0 Å². The lowest BCUT2D eigenvalue weighted by Crippen LogP contribution is -2.48. The van der Waals surface area contributed by atoms with E-state index in [4.69, 9.17) is 4.99 Å². The maximum Gasteiger partial charge on any atom is 0.197 e. The molecule has 98 valence electrons. The van der Waals surface area contributed by atoms with Crippen LogP contribution >= 0.6 is 11.5 Å². The standard InChI is InChI=1S/C13H20N4S/c1-10-3-4-11-7-14-13(17(11)8-10)16(2)9-12-5-6-15-18-12/h5-6,10-11H,3-4,7-9H2,1-2H3. The van der Waals surface area contributed by atoms with Crippen LogP contribution in [0.25, 0.3) is 0 Å². The third kappa shape index (κ3) is 2.23. The first-order valence-electron chi connectivity index (χ1n) is 6.66. The van der Waals surface area contributed by atoms with Crippen molar-refractivity contribution in [1.82, 2.24) is 14.2 Å². The molecule has 0 spiro atoms. The highest BCUT2D eigenvalue weighted by molar-refractivity contribution is 7.05. The van der Waals surface area contributed by atoms with Crippen LogP contribution in [0.2, 0.25) is 0 Å². The predicted octanol–water partition coefficient (Wildman–Crippen LogP) is 2.04. The molecule has 0 aromatic carbocycles. The zero-order chi connectivity index (χ0) is 12.5. The first kappa shape index (κ1) is 12.0. The summed E-state index contributed by atoms with van der Waals surface area (Å²) >= 11 is 1.57. The van der Waals surface area contributed by atoms with E-state index in [2.05, 4.69) is 34.2 Å². The van der Waals surface area contributed by atoms with Gasteiger partial charge in [-0.2, -0.15) is 0 Å². The van der Waals surface area contributed by atoms with E-state index in [0.717, 1.165) is 25.6 Å². The highest BCUT2D eigenvalue weighted by Gasteiger charge is 2.34. The van der Waals surface area contributed by atoms with Gasteiger partial charge in [-0.25, -0.2) is 4.37 Å². The molecule has 18 heavy (non-hydrogen) atoms. The molecule has 0 radical (unpaired) electrons. The second kappa shape index (κ2) is 4.88. The summed E-state index contributed by atoms with van der Waals surface area (Å²) in [4.78, 5) is 10.8. The van der Waals surface area contributed by atoms with E-state index in [0.29, 0.717) is 6.04 Å². The Morgan fingerprint density at radius 3 is 3.17 bits per heavy atom. The number of nitrogens with zero attached hydrogens (tertiary/aromatic N) is 4. The molecule has 0 N–H and O–H groups in total. The lowest BCUT2D eigenvalue weighted by Gasteiger charge is -2.38. The molecule has 1 aromatic heterocycles. The first-order chi connectivity index (χ1) is 8.74. The van der Waals surface area contributed by atoms with Gasteiger partial charge in [0.1, 0.15) is 0 Å². The van der Waals surface area contributed by atoms with Crippen LogP contribution in [-0.2, 0) is 6.54 Å². The van der Waals surface area contributed by atoms with Crippen LogP contribution < -0.4 is 0 Å². The molecule has 0 amide bonds. The lowest BCUT2D eigenvalue weighted by atomic mass is 9.95. The fourth-order valence-electron chi connectivity index (χ4n) is 2.89. The van der Waals surface area contributed by atoms with Crippen molar-refractivity contribution in [1.29, 1.82) is 0 Å².